The van der Waals surface area contributed by atoms with Crippen LogP contribution in [0.5, 0.6) is 5.75 Å². The molecule has 0 saturated heterocycles. The Balaban J connectivity index is 2.50. The van der Waals surface area contributed by atoms with Gasteiger partial charge in [-0.15, -0.1) is 0 Å². The molecule has 1 atom stereocenters. The number of ether oxygens (including phenoxy) is 1. The standard InChI is InChI=1S/C17H21NO/c1-11-5-10-16(17(19-4)12(11)2)15-8-6-14(7-9-15)13(3)18/h5-10,13H,18H2,1-4H3. The van der Waals surface area contributed by atoms with Crippen molar-refractivity contribution in [3.05, 3.63) is 53.1 Å². The van der Waals surface area contributed by atoms with Crippen LogP contribution in [0, 0.1) is 13.8 Å². The van der Waals surface area contributed by atoms with E-state index >= 15 is 0 Å². The van der Waals surface area contributed by atoms with Crippen molar-refractivity contribution in [2.24, 2.45) is 5.73 Å². The summed E-state index contributed by atoms with van der Waals surface area (Å²) in [5.74, 6) is 0.952. The van der Waals surface area contributed by atoms with Crippen molar-refractivity contribution in [1.82, 2.24) is 0 Å². The van der Waals surface area contributed by atoms with E-state index in [-0.39, 0.29) is 6.04 Å². The van der Waals surface area contributed by atoms with Gasteiger partial charge in [0.1, 0.15) is 5.75 Å². The van der Waals surface area contributed by atoms with Crippen molar-refractivity contribution in [3.63, 3.8) is 0 Å². The highest BCUT2D eigenvalue weighted by molar-refractivity contribution is 5.73. The van der Waals surface area contributed by atoms with Crippen molar-refractivity contribution in [3.8, 4) is 16.9 Å². The molecule has 0 radical (unpaired) electrons. The van der Waals surface area contributed by atoms with Gasteiger partial charge in [0.2, 0.25) is 0 Å². The van der Waals surface area contributed by atoms with Crippen LogP contribution in [0.15, 0.2) is 36.4 Å². The first-order chi connectivity index (χ1) is 9.04. The van der Waals surface area contributed by atoms with Gasteiger partial charge in [-0.25, -0.2) is 0 Å². The highest BCUT2D eigenvalue weighted by Gasteiger charge is 2.10. The molecule has 0 amide bonds. The zero-order chi connectivity index (χ0) is 14.0. The van der Waals surface area contributed by atoms with Gasteiger partial charge in [-0.1, -0.05) is 36.4 Å². The molecule has 19 heavy (non-hydrogen) atoms. The molecule has 2 heteroatoms. The summed E-state index contributed by atoms with van der Waals surface area (Å²) in [7, 11) is 1.72. The molecule has 0 saturated carbocycles. The van der Waals surface area contributed by atoms with Gasteiger partial charge in [-0.05, 0) is 43.0 Å². The molecule has 0 aromatic heterocycles. The quantitative estimate of drug-likeness (QED) is 0.899. The lowest BCUT2D eigenvalue weighted by molar-refractivity contribution is 0.413. The minimum Gasteiger partial charge on any atom is -0.496 e. The van der Waals surface area contributed by atoms with Gasteiger partial charge in [0, 0.05) is 11.6 Å². The van der Waals surface area contributed by atoms with Crippen molar-refractivity contribution < 1.29 is 4.74 Å². The van der Waals surface area contributed by atoms with E-state index < -0.39 is 0 Å². The number of benzene rings is 2. The molecule has 2 N–H and O–H groups in total. The van der Waals surface area contributed by atoms with Crippen LogP contribution in [0.25, 0.3) is 11.1 Å². The molecule has 2 rings (SSSR count). The second-order valence-electron chi connectivity index (χ2n) is 5.00. The molecule has 2 nitrogen and oxygen atoms in total. The fourth-order valence-corrected chi connectivity index (χ4v) is 2.25. The Hall–Kier alpha value is -1.80. The molecular formula is C17H21NO. The van der Waals surface area contributed by atoms with Gasteiger partial charge >= 0.3 is 0 Å². The Kier molecular flexibility index (Phi) is 3.91. The number of methoxy groups -OCH3 is 1. The number of aryl methyl sites for hydroxylation is 1. The molecule has 1 unspecified atom stereocenters. The Morgan fingerprint density at radius 1 is 1.00 bits per heavy atom. The van der Waals surface area contributed by atoms with Crippen LogP contribution in [0.4, 0.5) is 0 Å². The fraction of sp³-hybridized carbons (Fsp3) is 0.294. The van der Waals surface area contributed by atoms with Gasteiger partial charge < -0.3 is 10.5 Å². The van der Waals surface area contributed by atoms with Crippen LogP contribution in [0.1, 0.15) is 29.7 Å². The minimum atomic E-state index is 0.0655. The SMILES string of the molecule is COc1c(-c2ccc(C(C)N)cc2)ccc(C)c1C. The van der Waals surface area contributed by atoms with E-state index in [4.69, 9.17) is 10.5 Å². The molecule has 0 aliphatic carbocycles. The molecule has 100 valence electrons. The number of rotatable bonds is 3. The van der Waals surface area contributed by atoms with Crippen molar-refractivity contribution in [2.45, 2.75) is 26.8 Å². The van der Waals surface area contributed by atoms with Crippen molar-refractivity contribution in [2.75, 3.05) is 7.11 Å². The van der Waals surface area contributed by atoms with E-state index in [1.807, 2.05) is 6.92 Å². The van der Waals surface area contributed by atoms with E-state index in [0.717, 1.165) is 22.4 Å². The van der Waals surface area contributed by atoms with Gasteiger partial charge in [-0.2, -0.15) is 0 Å². The van der Waals surface area contributed by atoms with Crippen molar-refractivity contribution >= 4 is 0 Å². The molecule has 0 aliphatic heterocycles. The van der Waals surface area contributed by atoms with Gasteiger partial charge in [0.15, 0.2) is 0 Å². The topological polar surface area (TPSA) is 35.2 Å². The summed E-state index contributed by atoms with van der Waals surface area (Å²) in [6, 6.07) is 12.7. The molecule has 2 aromatic carbocycles. The van der Waals surface area contributed by atoms with Crippen LogP contribution in [0.2, 0.25) is 0 Å². The number of hydrogen-bond donors (Lipinski definition) is 1. The van der Waals surface area contributed by atoms with E-state index in [1.54, 1.807) is 7.11 Å². The second-order valence-corrected chi connectivity index (χ2v) is 5.00. The molecule has 0 spiro atoms. The third-order valence-corrected chi connectivity index (χ3v) is 3.63. The van der Waals surface area contributed by atoms with Crippen LogP contribution >= 0.6 is 0 Å². The average molecular weight is 255 g/mol. The third-order valence-electron chi connectivity index (χ3n) is 3.63. The predicted octanol–water partition coefficient (Wildman–Crippen LogP) is 4.00. The highest BCUT2D eigenvalue weighted by atomic mass is 16.5. The third kappa shape index (κ3) is 2.64. The summed E-state index contributed by atoms with van der Waals surface area (Å²) >= 11 is 0. The minimum absolute atomic E-state index is 0.0655. The summed E-state index contributed by atoms with van der Waals surface area (Å²) in [5, 5.41) is 0. The lowest BCUT2D eigenvalue weighted by atomic mass is 9.97. The predicted molar refractivity (Wildman–Crippen MR) is 80.5 cm³/mol. The summed E-state index contributed by atoms with van der Waals surface area (Å²) in [6.45, 7) is 6.18. The molecule has 0 heterocycles. The largest absolute Gasteiger partial charge is 0.496 e. The lowest BCUT2D eigenvalue weighted by Gasteiger charge is -2.14. The zero-order valence-electron chi connectivity index (χ0n) is 12.0. The molecule has 0 aliphatic rings. The first-order valence-corrected chi connectivity index (χ1v) is 6.54. The monoisotopic (exact) mass is 255 g/mol. The van der Waals surface area contributed by atoms with Gasteiger partial charge in [0.05, 0.1) is 7.11 Å². The molecule has 0 bridgehead atoms. The van der Waals surface area contributed by atoms with E-state index in [1.165, 1.54) is 11.1 Å². The highest BCUT2D eigenvalue weighted by Crippen LogP contribution is 2.34. The fourth-order valence-electron chi connectivity index (χ4n) is 2.25. The maximum atomic E-state index is 5.88. The number of nitrogens with two attached hydrogens (primary N) is 1. The van der Waals surface area contributed by atoms with Crippen LogP contribution < -0.4 is 10.5 Å². The Morgan fingerprint density at radius 3 is 2.16 bits per heavy atom. The second kappa shape index (κ2) is 5.45. The van der Waals surface area contributed by atoms with Crippen molar-refractivity contribution in [1.29, 1.82) is 0 Å². The summed E-state index contributed by atoms with van der Waals surface area (Å²) in [5.41, 5.74) is 11.7. The molecule has 2 aromatic rings. The van der Waals surface area contributed by atoms with Crippen LogP contribution in [-0.4, -0.2) is 7.11 Å². The Labute approximate surface area is 115 Å². The number of hydrogen-bond acceptors (Lipinski definition) is 2. The average Bonchev–Trinajstić information content (AvgIpc) is 2.41. The van der Waals surface area contributed by atoms with E-state index in [0.29, 0.717) is 0 Å². The summed E-state index contributed by atoms with van der Waals surface area (Å²) < 4.78 is 5.56. The van der Waals surface area contributed by atoms with Crippen LogP contribution in [0.3, 0.4) is 0 Å². The van der Waals surface area contributed by atoms with Gasteiger partial charge in [-0.3, -0.25) is 0 Å². The van der Waals surface area contributed by atoms with E-state index in [2.05, 4.69) is 50.2 Å². The normalized spacial score (nSPS) is 12.3. The molecular weight excluding hydrogens is 234 g/mol. The Bertz CT molecular complexity index is 571. The smallest absolute Gasteiger partial charge is 0.129 e. The molecule has 0 fully saturated rings. The van der Waals surface area contributed by atoms with E-state index in [9.17, 15) is 0 Å². The maximum absolute atomic E-state index is 5.88. The maximum Gasteiger partial charge on any atom is 0.129 e. The summed E-state index contributed by atoms with van der Waals surface area (Å²) in [4.78, 5) is 0. The first-order valence-electron chi connectivity index (χ1n) is 6.54. The van der Waals surface area contributed by atoms with Crippen LogP contribution in [-0.2, 0) is 0 Å². The first kappa shape index (κ1) is 13.6. The van der Waals surface area contributed by atoms with Gasteiger partial charge in [0.25, 0.3) is 0 Å². The lowest BCUT2D eigenvalue weighted by Crippen LogP contribution is -2.04. The zero-order valence-corrected chi connectivity index (χ0v) is 12.0. The Morgan fingerprint density at radius 2 is 1.63 bits per heavy atom. The summed E-state index contributed by atoms with van der Waals surface area (Å²) in [6.07, 6.45) is 0.